The standard InChI is InChI=1S/C19H20FNO3/c1-13(22)15-6-7-18(24-2)16(11-15)12-19(23)21-9-8-14-4-3-5-17(20)10-14/h3-7,10-11H,8-9,12H2,1-2H3,(H,21,23). The van der Waals surface area contributed by atoms with E-state index in [1.54, 1.807) is 24.3 Å². The van der Waals surface area contributed by atoms with Crippen molar-refractivity contribution in [3.8, 4) is 5.75 Å². The van der Waals surface area contributed by atoms with E-state index in [0.717, 1.165) is 5.56 Å². The van der Waals surface area contributed by atoms with Crippen LogP contribution in [0.25, 0.3) is 0 Å². The van der Waals surface area contributed by atoms with E-state index in [4.69, 9.17) is 4.74 Å². The maximum atomic E-state index is 13.1. The van der Waals surface area contributed by atoms with Gasteiger partial charge in [0.15, 0.2) is 5.78 Å². The molecule has 0 atom stereocenters. The Morgan fingerprint density at radius 3 is 2.62 bits per heavy atom. The molecule has 5 heteroatoms. The van der Waals surface area contributed by atoms with Gasteiger partial charge in [0.05, 0.1) is 13.5 Å². The lowest BCUT2D eigenvalue weighted by Crippen LogP contribution is -2.27. The number of Topliss-reactive ketones (excluding diaryl/α,β-unsaturated/α-hetero) is 1. The third-order valence-corrected chi connectivity index (χ3v) is 3.66. The van der Waals surface area contributed by atoms with Gasteiger partial charge in [-0.1, -0.05) is 12.1 Å². The number of methoxy groups -OCH3 is 1. The van der Waals surface area contributed by atoms with Gasteiger partial charge in [-0.25, -0.2) is 4.39 Å². The zero-order chi connectivity index (χ0) is 17.5. The van der Waals surface area contributed by atoms with E-state index in [9.17, 15) is 14.0 Å². The second-order valence-electron chi connectivity index (χ2n) is 5.49. The van der Waals surface area contributed by atoms with E-state index in [0.29, 0.717) is 29.8 Å². The number of ketones is 1. The lowest BCUT2D eigenvalue weighted by molar-refractivity contribution is -0.120. The molecule has 0 aliphatic carbocycles. The molecule has 0 heterocycles. The van der Waals surface area contributed by atoms with Crippen molar-refractivity contribution in [2.75, 3.05) is 13.7 Å². The van der Waals surface area contributed by atoms with Gasteiger partial charge in [0.25, 0.3) is 0 Å². The van der Waals surface area contributed by atoms with Crippen molar-refractivity contribution in [2.24, 2.45) is 0 Å². The van der Waals surface area contributed by atoms with Gasteiger partial charge in [-0.3, -0.25) is 9.59 Å². The van der Waals surface area contributed by atoms with Gasteiger partial charge in [0, 0.05) is 17.7 Å². The summed E-state index contributed by atoms with van der Waals surface area (Å²) in [5, 5.41) is 2.80. The molecule has 0 unspecified atom stereocenters. The van der Waals surface area contributed by atoms with Gasteiger partial charge in [-0.2, -0.15) is 0 Å². The predicted molar refractivity (Wildman–Crippen MR) is 89.8 cm³/mol. The minimum Gasteiger partial charge on any atom is -0.496 e. The maximum absolute atomic E-state index is 13.1. The monoisotopic (exact) mass is 329 g/mol. The van der Waals surface area contributed by atoms with Crippen LogP contribution in [0.1, 0.15) is 28.4 Å². The molecule has 2 aromatic rings. The average Bonchev–Trinajstić information content (AvgIpc) is 2.54. The summed E-state index contributed by atoms with van der Waals surface area (Å²) in [6.07, 6.45) is 0.668. The summed E-state index contributed by atoms with van der Waals surface area (Å²) >= 11 is 0. The first-order valence-electron chi connectivity index (χ1n) is 7.68. The van der Waals surface area contributed by atoms with Crippen LogP contribution >= 0.6 is 0 Å². The van der Waals surface area contributed by atoms with Gasteiger partial charge in [0.1, 0.15) is 11.6 Å². The first kappa shape index (κ1) is 17.7. The minimum absolute atomic E-state index is 0.0644. The van der Waals surface area contributed by atoms with Crippen molar-refractivity contribution in [1.29, 1.82) is 0 Å². The van der Waals surface area contributed by atoms with Gasteiger partial charge >= 0.3 is 0 Å². The number of hydrogen-bond acceptors (Lipinski definition) is 3. The summed E-state index contributed by atoms with van der Waals surface area (Å²) < 4.78 is 18.3. The molecular formula is C19H20FNO3. The minimum atomic E-state index is -0.287. The third-order valence-electron chi connectivity index (χ3n) is 3.66. The molecule has 0 spiro atoms. The van der Waals surface area contributed by atoms with Crippen LogP contribution in [-0.4, -0.2) is 25.3 Å². The smallest absolute Gasteiger partial charge is 0.224 e. The van der Waals surface area contributed by atoms with Gasteiger partial charge in [0.2, 0.25) is 5.91 Å². The highest BCUT2D eigenvalue weighted by Gasteiger charge is 2.11. The van der Waals surface area contributed by atoms with Crippen LogP contribution in [0.15, 0.2) is 42.5 Å². The Kier molecular flexibility index (Phi) is 6.07. The lowest BCUT2D eigenvalue weighted by atomic mass is 10.0. The Morgan fingerprint density at radius 2 is 1.96 bits per heavy atom. The number of halogens is 1. The van der Waals surface area contributed by atoms with E-state index >= 15 is 0 Å². The molecule has 2 rings (SSSR count). The number of carbonyl (C=O) groups excluding carboxylic acids is 2. The van der Waals surface area contributed by atoms with Crippen LogP contribution in [0.3, 0.4) is 0 Å². The first-order valence-corrected chi connectivity index (χ1v) is 7.68. The first-order chi connectivity index (χ1) is 11.5. The summed E-state index contributed by atoms with van der Waals surface area (Å²) in [4.78, 5) is 23.6. The fraction of sp³-hybridized carbons (Fsp3) is 0.263. The van der Waals surface area contributed by atoms with E-state index in [1.807, 2.05) is 6.07 Å². The predicted octanol–water partition coefficient (Wildman–Crippen LogP) is 2.94. The number of nitrogens with one attached hydrogen (secondary N) is 1. The van der Waals surface area contributed by atoms with E-state index in [-0.39, 0.29) is 23.9 Å². The van der Waals surface area contributed by atoms with Gasteiger partial charge in [-0.05, 0) is 49.2 Å². The molecule has 1 N–H and O–H groups in total. The van der Waals surface area contributed by atoms with Gasteiger partial charge < -0.3 is 10.1 Å². The highest BCUT2D eigenvalue weighted by atomic mass is 19.1. The van der Waals surface area contributed by atoms with Crippen molar-refractivity contribution in [2.45, 2.75) is 19.8 Å². The van der Waals surface area contributed by atoms with Crippen molar-refractivity contribution in [3.63, 3.8) is 0 Å². The molecule has 24 heavy (non-hydrogen) atoms. The van der Waals surface area contributed by atoms with Crippen LogP contribution in [0.2, 0.25) is 0 Å². The van der Waals surface area contributed by atoms with Crippen LogP contribution in [0, 0.1) is 5.82 Å². The number of benzene rings is 2. The van der Waals surface area contributed by atoms with Crippen molar-refractivity contribution < 1.29 is 18.7 Å². The van der Waals surface area contributed by atoms with Crippen LogP contribution in [0.5, 0.6) is 5.75 Å². The summed E-state index contributed by atoms with van der Waals surface area (Å²) in [5.74, 6) is 0.0423. The molecular weight excluding hydrogens is 309 g/mol. The Bertz CT molecular complexity index is 743. The summed E-state index contributed by atoms with van der Waals surface area (Å²) in [7, 11) is 1.52. The Hall–Kier alpha value is -2.69. The highest BCUT2D eigenvalue weighted by molar-refractivity contribution is 5.94. The molecule has 1 amide bonds. The van der Waals surface area contributed by atoms with Crippen molar-refractivity contribution >= 4 is 11.7 Å². The summed E-state index contributed by atoms with van der Waals surface area (Å²) in [6.45, 7) is 1.89. The summed E-state index contributed by atoms with van der Waals surface area (Å²) in [5.41, 5.74) is 2.03. The van der Waals surface area contributed by atoms with E-state index < -0.39 is 0 Å². The Labute approximate surface area is 140 Å². The molecule has 0 aliphatic rings. The molecule has 0 radical (unpaired) electrons. The molecule has 0 aromatic heterocycles. The second-order valence-corrected chi connectivity index (χ2v) is 5.49. The topological polar surface area (TPSA) is 55.4 Å². The SMILES string of the molecule is COc1ccc(C(C)=O)cc1CC(=O)NCCc1cccc(F)c1. The van der Waals surface area contributed by atoms with Gasteiger partial charge in [-0.15, -0.1) is 0 Å². The molecule has 0 saturated carbocycles. The number of hydrogen-bond donors (Lipinski definition) is 1. The van der Waals surface area contributed by atoms with Crippen LogP contribution in [-0.2, 0) is 17.6 Å². The molecule has 126 valence electrons. The fourth-order valence-electron chi connectivity index (χ4n) is 2.41. The van der Waals surface area contributed by atoms with Crippen molar-refractivity contribution in [1.82, 2.24) is 5.32 Å². The van der Waals surface area contributed by atoms with Crippen LogP contribution in [0.4, 0.5) is 4.39 Å². The number of carbonyl (C=O) groups is 2. The largest absolute Gasteiger partial charge is 0.496 e. The molecule has 0 aliphatic heterocycles. The molecule has 0 bridgehead atoms. The lowest BCUT2D eigenvalue weighted by Gasteiger charge is -2.10. The number of amides is 1. The highest BCUT2D eigenvalue weighted by Crippen LogP contribution is 2.20. The molecule has 2 aromatic carbocycles. The quantitative estimate of drug-likeness (QED) is 0.795. The third kappa shape index (κ3) is 4.91. The fourth-order valence-corrected chi connectivity index (χ4v) is 2.41. The van der Waals surface area contributed by atoms with E-state index in [2.05, 4.69) is 5.32 Å². The van der Waals surface area contributed by atoms with Crippen LogP contribution < -0.4 is 10.1 Å². The second kappa shape index (κ2) is 8.24. The zero-order valence-corrected chi connectivity index (χ0v) is 13.8. The normalized spacial score (nSPS) is 10.3. The van der Waals surface area contributed by atoms with E-state index in [1.165, 1.54) is 26.2 Å². The average molecular weight is 329 g/mol. The van der Waals surface area contributed by atoms with Crippen molar-refractivity contribution in [3.05, 3.63) is 65.0 Å². The molecule has 0 fully saturated rings. The Balaban J connectivity index is 1.94. The molecule has 0 saturated heterocycles. The summed E-state index contributed by atoms with van der Waals surface area (Å²) in [6, 6.07) is 11.3. The Morgan fingerprint density at radius 1 is 1.17 bits per heavy atom. The number of rotatable bonds is 7. The number of ether oxygens (including phenoxy) is 1. The zero-order valence-electron chi connectivity index (χ0n) is 13.8. The molecule has 4 nitrogen and oxygen atoms in total. The maximum Gasteiger partial charge on any atom is 0.224 e.